The zero-order chi connectivity index (χ0) is 16.1. The van der Waals surface area contributed by atoms with E-state index in [2.05, 4.69) is 4.98 Å². The summed E-state index contributed by atoms with van der Waals surface area (Å²) < 4.78 is 5.77. The predicted molar refractivity (Wildman–Crippen MR) is 80.0 cm³/mol. The highest BCUT2D eigenvalue weighted by Crippen LogP contribution is 2.24. The van der Waals surface area contributed by atoms with Gasteiger partial charge in [-0.1, -0.05) is 13.3 Å². The first-order valence-electron chi connectivity index (χ1n) is 7.14. The second-order valence-electron chi connectivity index (χ2n) is 4.60. The summed E-state index contributed by atoms with van der Waals surface area (Å²) >= 11 is 0. The number of fused-ring (bicyclic) bond motifs is 1. The molecule has 118 valence electrons. The molecule has 0 saturated heterocycles. The summed E-state index contributed by atoms with van der Waals surface area (Å²) in [6, 6.07) is 3.15. The molecule has 0 spiro atoms. The molecule has 7 nitrogen and oxygen atoms in total. The second-order valence-corrected chi connectivity index (χ2v) is 4.60. The van der Waals surface area contributed by atoms with Gasteiger partial charge in [0.15, 0.2) is 11.2 Å². The van der Waals surface area contributed by atoms with Crippen molar-refractivity contribution in [3.8, 4) is 5.75 Å². The highest BCUT2D eigenvalue weighted by molar-refractivity contribution is 5.98. The molecular formula is C15H18N2O5. The van der Waals surface area contributed by atoms with Crippen LogP contribution in [0.4, 0.5) is 0 Å². The van der Waals surface area contributed by atoms with Crippen LogP contribution in [0.25, 0.3) is 11.0 Å². The standard InChI is InChI=1S/C15H18N2O5/c1-3-5-9-22-17-13-10(7-6-8-16-13)12(18)11(14(17)19)15(20)21-4-2/h6-8,18H,3-5,9H2,1-2H3. The monoisotopic (exact) mass is 306 g/mol. The van der Waals surface area contributed by atoms with Crippen molar-refractivity contribution < 1.29 is 19.5 Å². The van der Waals surface area contributed by atoms with Gasteiger partial charge in [0, 0.05) is 6.20 Å². The van der Waals surface area contributed by atoms with Gasteiger partial charge in [-0.3, -0.25) is 4.79 Å². The van der Waals surface area contributed by atoms with Crippen molar-refractivity contribution in [2.24, 2.45) is 0 Å². The van der Waals surface area contributed by atoms with Crippen LogP contribution in [0.15, 0.2) is 23.1 Å². The smallest absolute Gasteiger partial charge is 0.347 e. The highest BCUT2D eigenvalue weighted by Gasteiger charge is 2.24. The van der Waals surface area contributed by atoms with Crippen molar-refractivity contribution in [1.29, 1.82) is 0 Å². The van der Waals surface area contributed by atoms with E-state index in [1.165, 1.54) is 6.20 Å². The maximum absolute atomic E-state index is 12.5. The van der Waals surface area contributed by atoms with Crippen molar-refractivity contribution in [3.63, 3.8) is 0 Å². The van der Waals surface area contributed by atoms with Gasteiger partial charge in [0.2, 0.25) is 0 Å². The molecule has 0 atom stereocenters. The molecule has 0 amide bonds. The lowest BCUT2D eigenvalue weighted by Crippen LogP contribution is -2.33. The Morgan fingerprint density at radius 2 is 2.18 bits per heavy atom. The van der Waals surface area contributed by atoms with Crippen LogP contribution in [0, 0.1) is 0 Å². The third kappa shape index (κ3) is 2.88. The number of pyridine rings is 2. The number of rotatable bonds is 6. The quantitative estimate of drug-likeness (QED) is 0.642. The fourth-order valence-electron chi connectivity index (χ4n) is 1.98. The number of ether oxygens (including phenoxy) is 1. The Bertz CT molecular complexity index is 739. The maximum atomic E-state index is 12.5. The molecule has 0 aliphatic carbocycles. The van der Waals surface area contributed by atoms with Crippen molar-refractivity contribution >= 4 is 17.0 Å². The number of esters is 1. The Balaban J connectivity index is 2.65. The number of carbonyl (C=O) groups is 1. The molecule has 2 aromatic heterocycles. The zero-order valence-electron chi connectivity index (χ0n) is 12.5. The van der Waals surface area contributed by atoms with Gasteiger partial charge < -0.3 is 14.7 Å². The molecular weight excluding hydrogens is 288 g/mol. The number of aromatic hydroxyl groups is 1. The number of nitrogens with zero attached hydrogens (tertiary/aromatic N) is 2. The zero-order valence-corrected chi connectivity index (χ0v) is 12.5. The Hall–Kier alpha value is -2.57. The predicted octanol–water partition coefficient (Wildman–Crippen LogP) is 1.51. The van der Waals surface area contributed by atoms with Crippen molar-refractivity contribution in [3.05, 3.63) is 34.2 Å². The van der Waals surface area contributed by atoms with Crippen LogP contribution in [0.5, 0.6) is 5.75 Å². The molecule has 0 bridgehead atoms. The second kappa shape index (κ2) is 6.93. The van der Waals surface area contributed by atoms with Gasteiger partial charge in [-0.25, -0.2) is 9.78 Å². The van der Waals surface area contributed by atoms with Gasteiger partial charge in [-0.15, -0.1) is 4.73 Å². The van der Waals surface area contributed by atoms with E-state index < -0.39 is 22.8 Å². The fraction of sp³-hybridized carbons (Fsp3) is 0.400. The topological polar surface area (TPSA) is 90.7 Å². The van der Waals surface area contributed by atoms with Crippen LogP contribution in [-0.4, -0.2) is 34.0 Å². The fourth-order valence-corrected chi connectivity index (χ4v) is 1.98. The summed E-state index contributed by atoms with van der Waals surface area (Å²) in [5.74, 6) is -1.33. The molecule has 0 aliphatic heterocycles. The lowest BCUT2D eigenvalue weighted by molar-refractivity contribution is 0.0510. The third-order valence-electron chi connectivity index (χ3n) is 3.07. The van der Waals surface area contributed by atoms with Gasteiger partial charge in [0.05, 0.1) is 12.0 Å². The van der Waals surface area contributed by atoms with E-state index in [9.17, 15) is 14.7 Å². The normalized spacial score (nSPS) is 10.6. The SMILES string of the molecule is CCCCOn1c(=O)c(C(=O)OCC)c(O)c2cccnc21. The minimum Gasteiger partial charge on any atom is -0.506 e. The molecule has 22 heavy (non-hydrogen) atoms. The Kier molecular flexibility index (Phi) is 4.98. The molecule has 2 aromatic rings. The summed E-state index contributed by atoms with van der Waals surface area (Å²) in [6.07, 6.45) is 3.12. The van der Waals surface area contributed by atoms with Crippen LogP contribution < -0.4 is 10.4 Å². The van der Waals surface area contributed by atoms with E-state index in [-0.39, 0.29) is 17.6 Å². The summed E-state index contributed by atoms with van der Waals surface area (Å²) in [5, 5.41) is 10.5. The minimum atomic E-state index is -0.886. The van der Waals surface area contributed by atoms with Crippen LogP contribution in [0.3, 0.4) is 0 Å². The molecule has 0 unspecified atom stereocenters. The molecule has 0 aromatic carbocycles. The summed E-state index contributed by atoms with van der Waals surface area (Å²) in [6.45, 7) is 4.01. The van der Waals surface area contributed by atoms with Crippen LogP contribution in [0.2, 0.25) is 0 Å². The average molecular weight is 306 g/mol. The Morgan fingerprint density at radius 1 is 1.41 bits per heavy atom. The van der Waals surface area contributed by atoms with Crippen molar-refractivity contribution in [2.75, 3.05) is 13.2 Å². The van der Waals surface area contributed by atoms with E-state index in [0.717, 1.165) is 17.6 Å². The van der Waals surface area contributed by atoms with Crippen molar-refractivity contribution in [1.82, 2.24) is 9.71 Å². The van der Waals surface area contributed by atoms with Gasteiger partial charge in [0.1, 0.15) is 12.4 Å². The first-order chi connectivity index (χ1) is 10.6. The molecule has 0 fully saturated rings. The number of carbonyl (C=O) groups excluding carboxylic acids is 1. The molecule has 0 radical (unpaired) electrons. The summed E-state index contributed by atoms with van der Waals surface area (Å²) in [7, 11) is 0. The number of aromatic nitrogens is 2. The summed E-state index contributed by atoms with van der Waals surface area (Å²) in [5.41, 5.74) is -1.06. The van der Waals surface area contributed by atoms with Gasteiger partial charge in [-0.2, -0.15) is 0 Å². The van der Waals surface area contributed by atoms with E-state index >= 15 is 0 Å². The Labute approximate surface area is 127 Å². The molecule has 1 N–H and O–H groups in total. The molecule has 7 heteroatoms. The first-order valence-corrected chi connectivity index (χ1v) is 7.14. The number of unbranched alkanes of at least 4 members (excludes halogenated alkanes) is 1. The largest absolute Gasteiger partial charge is 0.506 e. The number of hydrogen-bond acceptors (Lipinski definition) is 6. The van der Waals surface area contributed by atoms with Crippen LogP contribution in [-0.2, 0) is 4.74 Å². The van der Waals surface area contributed by atoms with E-state index in [1.807, 2.05) is 6.92 Å². The molecule has 2 heterocycles. The maximum Gasteiger partial charge on any atom is 0.347 e. The minimum absolute atomic E-state index is 0.0967. The number of hydrogen-bond donors (Lipinski definition) is 1. The average Bonchev–Trinajstić information content (AvgIpc) is 2.51. The molecule has 0 saturated carbocycles. The van der Waals surface area contributed by atoms with E-state index in [4.69, 9.17) is 9.57 Å². The Morgan fingerprint density at radius 3 is 2.86 bits per heavy atom. The van der Waals surface area contributed by atoms with Gasteiger partial charge in [0.25, 0.3) is 0 Å². The van der Waals surface area contributed by atoms with E-state index in [0.29, 0.717) is 6.61 Å². The van der Waals surface area contributed by atoms with E-state index in [1.54, 1.807) is 19.1 Å². The van der Waals surface area contributed by atoms with Crippen molar-refractivity contribution in [2.45, 2.75) is 26.7 Å². The van der Waals surface area contributed by atoms with Crippen LogP contribution in [0.1, 0.15) is 37.0 Å². The van der Waals surface area contributed by atoms with Gasteiger partial charge in [-0.05, 0) is 25.5 Å². The summed E-state index contributed by atoms with van der Waals surface area (Å²) in [4.78, 5) is 33.9. The first kappa shape index (κ1) is 15.8. The molecule has 0 aliphatic rings. The third-order valence-corrected chi connectivity index (χ3v) is 3.07. The van der Waals surface area contributed by atoms with Gasteiger partial charge >= 0.3 is 11.5 Å². The highest BCUT2D eigenvalue weighted by atomic mass is 16.7. The molecule has 2 rings (SSSR count). The van der Waals surface area contributed by atoms with Crippen LogP contribution >= 0.6 is 0 Å². The lowest BCUT2D eigenvalue weighted by atomic mass is 10.2. The lowest BCUT2D eigenvalue weighted by Gasteiger charge is -2.13.